The van der Waals surface area contributed by atoms with Gasteiger partial charge < -0.3 is 14.6 Å². The van der Waals surface area contributed by atoms with E-state index in [1.165, 1.54) is 18.1 Å². The lowest BCUT2D eigenvalue weighted by Crippen LogP contribution is -2.23. The van der Waals surface area contributed by atoms with Crippen molar-refractivity contribution in [2.75, 3.05) is 7.11 Å². The highest BCUT2D eigenvalue weighted by Gasteiger charge is 2.30. The van der Waals surface area contributed by atoms with Gasteiger partial charge >= 0.3 is 11.9 Å². The predicted octanol–water partition coefficient (Wildman–Crippen LogP) is -0.303. The zero-order valence-corrected chi connectivity index (χ0v) is 9.78. The number of esters is 1. The fourth-order valence-corrected chi connectivity index (χ4v) is 1.80. The Morgan fingerprint density at radius 3 is 3.00 bits per heavy atom. The van der Waals surface area contributed by atoms with Gasteiger partial charge in [0.1, 0.15) is 6.33 Å². The van der Waals surface area contributed by atoms with Crippen LogP contribution in [-0.4, -0.2) is 51.1 Å². The Morgan fingerprint density at radius 1 is 1.61 bits per heavy atom. The van der Waals surface area contributed by atoms with E-state index >= 15 is 0 Å². The number of carboxylic acid groups (broad SMARTS) is 1. The van der Waals surface area contributed by atoms with Gasteiger partial charge in [-0.15, -0.1) is 5.10 Å². The maximum absolute atomic E-state index is 11.1. The molecular weight excluding hydrogens is 242 g/mol. The first-order valence-electron chi connectivity index (χ1n) is 5.46. The van der Waals surface area contributed by atoms with Gasteiger partial charge in [-0.2, -0.15) is 0 Å². The van der Waals surface area contributed by atoms with Gasteiger partial charge in [-0.1, -0.05) is 0 Å². The summed E-state index contributed by atoms with van der Waals surface area (Å²) < 4.78 is 11.2. The molecule has 2 atom stereocenters. The third-order valence-electron chi connectivity index (χ3n) is 2.68. The van der Waals surface area contributed by atoms with Crippen LogP contribution >= 0.6 is 0 Å². The fourth-order valence-electron chi connectivity index (χ4n) is 1.80. The summed E-state index contributed by atoms with van der Waals surface area (Å²) in [6.07, 6.45) is 1.55. The molecule has 0 saturated carbocycles. The molecule has 8 heteroatoms. The minimum Gasteiger partial charge on any atom is -0.479 e. The van der Waals surface area contributed by atoms with E-state index in [9.17, 15) is 9.59 Å². The molecule has 18 heavy (non-hydrogen) atoms. The van der Waals surface area contributed by atoms with Crippen LogP contribution in [0.2, 0.25) is 0 Å². The van der Waals surface area contributed by atoms with Crippen LogP contribution in [0.1, 0.15) is 23.5 Å². The number of hydrogen-bond acceptors (Lipinski definition) is 6. The van der Waals surface area contributed by atoms with E-state index in [0.29, 0.717) is 19.4 Å². The molecule has 0 spiro atoms. The highest BCUT2D eigenvalue weighted by molar-refractivity contribution is 5.84. The van der Waals surface area contributed by atoms with Crippen molar-refractivity contribution in [1.29, 1.82) is 0 Å². The van der Waals surface area contributed by atoms with Gasteiger partial charge in [0.2, 0.25) is 0 Å². The first-order valence-corrected chi connectivity index (χ1v) is 5.46. The van der Waals surface area contributed by atoms with Crippen molar-refractivity contribution in [2.24, 2.45) is 0 Å². The summed E-state index contributed by atoms with van der Waals surface area (Å²) in [5, 5.41) is 12.7. The lowest BCUT2D eigenvalue weighted by molar-refractivity contribution is -0.149. The van der Waals surface area contributed by atoms with Crippen LogP contribution in [0.25, 0.3) is 0 Å². The largest absolute Gasteiger partial charge is 0.479 e. The van der Waals surface area contributed by atoms with Crippen molar-refractivity contribution in [3.05, 3.63) is 12.2 Å². The van der Waals surface area contributed by atoms with Crippen molar-refractivity contribution in [3.8, 4) is 0 Å². The highest BCUT2D eigenvalue weighted by atomic mass is 16.5. The molecule has 0 aromatic carbocycles. The highest BCUT2D eigenvalue weighted by Crippen LogP contribution is 2.20. The average Bonchev–Trinajstić information content (AvgIpc) is 2.98. The van der Waals surface area contributed by atoms with E-state index in [1.807, 2.05) is 0 Å². The second-order valence-corrected chi connectivity index (χ2v) is 3.94. The number of rotatable bonds is 4. The Balaban J connectivity index is 1.93. The zero-order chi connectivity index (χ0) is 13.1. The normalized spacial score (nSPS) is 22.9. The number of hydrogen-bond donors (Lipinski definition) is 1. The van der Waals surface area contributed by atoms with Gasteiger partial charge in [0.15, 0.2) is 6.10 Å². The van der Waals surface area contributed by atoms with Crippen LogP contribution in [0, 0.1) is 0 Å². The maximum atomic E-state index is 11.1. The van der Waals surface area contributed by atoms with E-state index in [1.54, 1.807) is 0 Å². The van der Waals surface area contributed by atoms with Gasteiger partial charge in [-0.25, -0.2) is 19.3 Å². The molecule has 1 aromatic heterocycles. The van der Waals surface area contributed by atoms with E-state index in [2.05, 4.69) is 14.8 Å². The van der Waals surface area contributed by atoms with E-state index in [-0.39, 0.29) is 11.9 Å². The molecule has 8 nitrogen and oxygen atoms in total. The molecule has 2 heterocycles. The summed E-state index contributed by atoms with van der Waals surface area (Å²) in [5.41, 5.74) is 0. The topological polar surface area (TPSA) is 104 Å². The van der Waals surface area contributed by atoms with E-state index < -0.39 is 18.0 Å². The second kappa shape index (κ2) is 5.13. The molecule has 1 saturated heterocycles. The summed E-state index contributed by atoms with van der Waals surface area (Å²) in [5.74, 6) is -1.58. The molecule has 98 valence electrons. The molecule has 1 aliphatic rings. The Kier molecular flexibility index (Phi) is 3.56. The second-order valence-electron chi connectivity index (χ2n) is 3.94. The monoisotopic (exact) mass is 255 g/mol. The number of aliphatic carboxylic acids is 1. The molecule has 0 aliphatic carbocycles. The molecule has 1 aliphatic heterocycles. The van der Waals surface area contributed by atoms with E-state index in [0.717, 1.165) is 0 Å². The Hall–Kier alpha value is -1.96. The molecule has 0 bridgehead atoms. The minimum atomic E-state index is -0.952. The summed E-state index contributed by atoms with van der Waals surface area (Å²) in [4.78, 5) is 25.6. The molecular formula is C10H13N3O5. The van der Waals surface area contributed by atoms with Crippen LogP contribution in [0.15, 0.2) is 6.33 Å². The van der Waals surface area contributed by atoms with Crippen molar-refractivity contribution < 1.29 is 24.2 Å². The van der Waals surface area contributed by atoms with Crippen LogP contribution in [-0.2, 0) is 20.8 Å². The number of carbonyl (C=O) groups excluding carboxylic acids is 1. The van der Waals surface area contributed by atoms with E-state index in [4.69, 9.17) is 9.84 Å². The Bertz CT molecular complexity index is 458. The third-order valence-corrected chi connectivity index (χ3v) is 2.68. The summed E-state index contributed by atoms with van der Waals surface area (Å²) >= 11 is 0. The number of ether oxygens (including phenoxy) is 2. The van der Waals surface area contributed by atoms with Crippen LogP contribution in [0.4, 0.5) is 0 Å². The summed E-state index contributed by atoms with van der Waals surface area (Å²) in [6, 6.07) is 0. The standard InChI is InChI=1S/C10H13N3O5/c1-17-10(16)8-11-5-13(12-8)4-6-2-3-7(18-6)9(14)15/h5-7H,2-4H2,1H3,(H,14,15). The lowest BCUT2D eigenvalue weighted by Gasteiger charge is -2.10. The fraction of sp³-hybridized carbons (Fsp3) is 0.600. The quantitative estimate of drug-likeness (QED) is 0.736. The number of aromatic nitrogens is 3. The zero-order valence-electron chi connectivity index (χ0n) is 9.78. The van der Waals surface area contributed by atoms with Gasteiger partial charge in [-0.3, -0.25) is 0 Å². The molecule has 2 unspecified atom stereocenters. The molecule has 1 N–H and O–H groups in total. The molecule has 0 radical (unpaired) electrons. The summed E-state index contributed by atoms with van der Waals surface area (Å²) in [7, 11) is 1.25. The average molecular weight is 255 g/mol. The first kappa shape index (κ1) is 12.5. The molecule has 2 rings (SSSR count). The lowest BCUT2D eigenvalue weighted by atomic mass is 10.2. The summed E-state index contributed by atoms with van der Waals surface area (Å²) in [6.45, 7) is 0.369. The van der Waals surface area contributed by atoms with Crippen molar-refractivity contribution in [3.63, 3.8) is 0 Å². The van der Waals surface area contributed by atoms with Gasteiger partial charge in [0, 0.05) is 0 Å². The number of carbonyl (C=O) groups is 2. The SMILES string of the molecule is COC(=O)c1ncn(CC2CCC(C(=O)O)O2)n1. The number of methoxy groups -OCH3 is 1. The van der Waals surface area contributed by atoms with Gasteiger partial charge in [0.25, 0.3) is 5.82 Å². The molecule has 1 aromatic rings. The smallest absolute Gasteiger partial charge is 0.377 e. The van der Waals surface area contributed by atoms with Gasteiger partial charge in [-0.05, 0) is 12.8 Å². The number of carboxylic acids is 1. The molecule has 1 fully saturated rings. The predicted molar refractivity (Wildman–Crippen MR) is 56.9 cm³/mol. The molecule has 0 amide bonds. The van der Waals surface area contributed by atoms with Gasteiger partial charge in [0.05, 0.1) is 19.8 Å². The first-order chi connectivity index (χ1) is 8.60. The van der Waals surface area contributed by atoms with Crippen molar-refractivity contribution >= 4 is 11.9 Å². The maximum Gasteiger partial charge on any atom is 0.377 e. The van der Waals surface area contributed by atoms with Crippen molar-refractivity contribution in [2.45, 2.75) is 31.6 Å². The van der Waals surface area contributed by atoms with Crippen LogP contribution in [0.3, 0.4) is 0 Å². The van der Waals surface area contributed by atoms with Crippen LogP contribution in [0.5, 0.6) is 0 Å². The van der Waals surface area contributed by atoms with Crippen LogP contribution < -0.4 is 0 Å². The third kappa shape index (κ3) is 2.65. The number of nitrogens with zero attached hydrogens (tertiary/aromatic N) is 3. The Labute approximate surface area is 103 Å². The minimum absolute atomic E-state index is 0.0229. The van der Waals surface area contributed by atoms with Crippen molar-refractivity contribution in [1.82, 2.24) is 14.8 Å². The Morgan fingerprint density at radius 2 is 2.39 bits per heavy atom.